The molecule has 0 radical (unpaired) electrons. The third-order valence-electron chi connectivity index (χ3n) is 3.91. The third-order valence-corrected chi connectivity index (χ3v) is 3.91. The summed E-state index contributed by atoms with van der Waals surface area (Å²) in [5.41, 5.74) is 1.23. The zero-order valence-corrected chi connectivity index (χ0v) is 13.3. The maximum absolute atomic E-state index is 12.3. The first-order valence-corrected chi connectivity index (χ1v) is 8.02. The molecule has 22 heavy (non-hydrogen) atoms. The summed E-state index contributed by atoms with van der Waals surface area (Å²) in [6.45, 7) is 5.70. The SMILES string of the molecule is CCCNC(=O)c1cccc(NC(=O)C2CC(C)CCN2)c1. The lowest BCUT2D eigenvalue weighted by atomic mass is 9.94. The molecule has 2 atom stereocenters. The maximum Gasteiger partial charge on any atom is 0.251 e. The highest BCUT2D eigenvalue weighted by Crippen LogP contribution is 2.17. The van der Waals surface area contributed by atoms with E-state index in [0.717, 1.165) is 25.8 Å². The molecule has 1 heterocycles. The molecule has 0 aliphatic carbocycles. The molecule has 0 spiro atoms. The van der Waals surface area contributed by atoms with E-state index in [0.29, 0.717) is 23.7 Å². The van der Waals surface area contributed by atoms with Crippen LogP contribution in [-0.4, -0.2) is 30.9 Å². The molecule has 1 aliphatic rings. The number of carbonyl (C=O) groups excluding carboxylic acids is 2. The van der Waals surface area contributed by atoms with Crippen molar-refractivity contribution in [2.24, 2.45) is 5.92 Å². The number of amides is 2. The number of hydrogen-bond donors (Lipinski definition) is 3. The molecular formula is C17H25N3O2. The summed E-state index contributed by atoms with van der Waals surface area (Å²) in [4.78, 5) is 24.2. The van der Waals surface area contributed by atoms with Gasteiger partial charge in [-0.05, 0) is 49.9 Å². The first kappa shape index (κ1) is 16.5. The number of carbonyl (C=O) groups is 2. The van der Waals surface area contributed by atoms with Crippen LogP contribution in [0.15, 0.2) is 24.3 Å². The Morgan fingerprint density at radius 1 is 1.36 bits per heavy atom. The van der Waals surface area contributed by atoms with Crippen LogP contribution in [0.4, 0.5) is 5.69 Å². The Morgan fingerprint density at radius 2 is 2.18 bits per heavy atom. The fraction of sp³-hybridized carbons (Fsp3) is 0.529. The monoisotopic (exact) mass is 303 g/mol. The van der Waals surface area contributed by atoms with E-state index >= 15 is 0 Å². The molecule has 2 unspecified atom stereocenters. The van der Waals surface area contributed by atoms with Gasteiger partial charge in [0.25, 0.3) is 5.91 Å². The van der Waals surface area contributed by atoms with Gasteiger partial charge in [0.05, 0.1) is 6.04 Å². The van der Waals surface area contributed by atoms with Crippen molar-refractivity contribution in [3.8, 4) is 0 Å². The fourth-order valence-corrected chi connectivity index (χ4v) is 2.62. The quantitative estimate of drug-likeness (QED) is 0.780. The number of nitrogens with one attached hydrogen (secondary N) is 3. The number of rotatable bonds is 5. The van der Waals surface area contributed by atoms with Crippen LogP contribution in [0.1, 0.15) is 43.5 Å². The van der Waals surface area contributed by atoms with E-state index in [9.17, 15) is 9.59 Å². The van der Waals surface area contributed by atoms with Crippen LogP contribution >= 0.6 is 0 Å². The van der Waals surface area contributed by atoms with Crippen molar-refractivity contribution in [2.45, 2.75) is 39.2 Å². The van der Waals surface area contributed by atoms with E-state index in [-0.39, 0.29) is 17.9 Å². The number of hydrogen-bond acceptors (Lipinski definition) is 3. The molecular weight excluding hydrogens is 278 g/mol. The molecule has 3 N–H and O–H groups in total. The zero-order valence-electron chi connectivity index (χ0n) is 13.3. The number of anilines is 1. The molecule has 1 aromatic carbocycles. The lowest BCUT2D eigenvalue weighted by molar-refractivity contribution is -0.119. The van der Waals surface area contributed by atoms with Gasteiger partial charge in [0, 0.05) is 17.8 Å². The Morgan fingerprint density at radius 3 is 2.91 bits per heavy atom. The van der Waals surface area contributed by atoms with Crippen LogP contribution in [0, 0.1) is 5.92 Å². The predicted molar refractivity (Wildman–Crippen MR) is 87.9 cm³/mol. The Balaban J connectivity index is 1.97. The van der Waals surface area contributed by atoms with Crippen molar-refractivity contribution in [1.29, 1.82) is 0 Å². The predicted octanol–water partition coefficient (Wildman–Crippen LogP) is 2.15. The van der Waals surface area contributed by atoms with Crippen LogP contribution in [0.5, 0.6) is 0 Å². The molecule has 120 valence electrons. The largest absolute Gasteiger partial charge is 0.352 e. The van der Waals surface area contributed by atoms with Gasteiger partial charge in [-0.15, -0.1) is 0 Å². The molecule has 1 aliphatic heterocycles. The van der Waals surface area contributed by atoms with Gasteiger partial charge in [0.2, 0.25) is 5.91 Å². The molecule has 1 fully saturated rings. The molecule has 1 aromatic rings. The number of piperidine rings is 1. The third kappa shape index (κ3) is 4.56. The second-order valence-electron chi connectivity index (χ2n) is 5.96. The van der Waals surface area contributed by atoms with E-state index in [2.05, 4.69) is 22.9 Å². The normalized spacial score (nSPS) is 21.2. The lowest BCUT2D eigenvalue weighted by Crippen LogP contribution is -2.45. The van der Waals surface area contributed by atoms with Gasteiger partial charge in [-0.1, -0.05) is 19.9 Å². The molecule has 1 saturated heterocycles. The van der Waals surface area contributed by atoms with E-state index < -0.39 is 0 Å². The van der Waals surface area contributed by atoms with Gasteiger partial charge < -0.3 is 16.0 Å². The van der Waals surface area contributed by atoms with Crippen molar-refractivity contribution in [1.82, 2.24) is 10.6 Å². The topological polar surface area (TPSA) is 70.2 Å². The van der Waals surface area contributed by atoms with Crippen LogP contribution in [0.3, 0.4) is 0 Å². The Kier molecular flexibility index (Phi) is 5.95. The highest BCUT2D eigenvalue weighted by Gasteiger charge is 2.24. The second-order valence-corrected chi connectivity index (χ2v) is 5.96. The van der Waals surface area contributed by atoms with E-state index in [1.54, 1.807) is 24.3 Å². The highest BCUT2D eigenvalue weighted by atomic mass is 16.2. The smallest absolute Gasteiger partial charge is 0.251 e. The average molecular weight is 303 g/mol. The first-order chi connectivity index (χ1) is 10.6. The van der Waals surface area contributed by atoms with E-state index in [4.69, 9.17) is 0 Å². The van der Waals surface area contributed by atoms with Gasteiger partial charge in [0.15, 0.2) is 0 Å². The molecule has 2 rings (SSSR count). The fourth-order valence-electron chi connectivity index (χ4n) is 2.62. The molecule has 0 saturated carbocycles. The molecule has 5 nitrogen and oxygen atoms in total. The highest BCUT2D eigenvalue weighted by molar-refractivity contribution is 5.98. The summed E-state index contributed by atoms with van der Waals surface area (Å²) >= 11 is 0. The Hall–Kier alpha value is -1.88. The van der Waals surface area contributed by atoms with Crippen LogP contribution in [-0.2, 0) is 4.79 Å². The van der Waals surface area contributed by atoms with Gasteiger partial charge in [0.1, 0.15) is 0 Å². The summed E-state index contributed by atoms with van der Waals surface area (Å²) in [5.74, 6) is 0.420. The van der Waals surface area contributed by atoms with E-state index in [1.807, 2.05) is 6.92 Å². The molecule has 0 aromatic heterocycles. The second kappa shape index (κ2) is 7.94. The van der Waals surface area contributed by atoms with Crippen molar-refractivity contribution < 1.29 is 9.59 Å². The summed E-state index contributed by atoms with van der Waals surface area (Å²) in [6, 6.07) is 6.91. The van der Waals surface area contributed by atoms with Crippen molar-refractivity contribution in [2.75, 3.05) is 18.4 Å². The molecule has 5 heteroatoms. The van der Waals surface area contributed by atoms with Crippen molar-refractivity contribution in [3.63, 3.8) is 0 Å². The van der Waals surface area contributed by atoms with Crippen LogP contribution in [0.2, 0.25) is 0 Å². The van der Waals surface area contributed by atoms with Gasteiger partial charge in [-0.3, -0.25) is 9.59 Å². The van der Waals surface area contributed by atoms with Crippen molar-refractivity contribution in [3.05, 3.63) is 29.8 Å². The first-order valence-electron chi connectivity index (χ1n) is 8.02. The average Bonchev–Trinajstić information content (AvgIpc) is 2.52. The van der Waals surface area contributed by atoms with Gasteiger partial charge >= 0.3 is 0 Å². The summed E-state index contributed by atoms with van der Waals surface area (Å²) in [6.07, 6.45) is 2.85. The van der Waals surface area contributed by atoms with Crippen LogP contribution in [0.25, 0.3) is 0 Å². The molecule has 0 bridgehead atoms. The van der Waals surface area contributed by atoms with Gasteiger partial charge in [-0.25, -0.2) is 0 Å². The zero-order chi connectivity index (χ0) is 15.9. The maximum atomic E-state index is 12.3. The Bertz CT molecular complexity index is 530. The number of benzene rings is 1. The lowest BCUT2D eigenvalue weighted by Gasteiger charge is -2.27. The summed E-state index contributed by atoms with van der Waals surface area (Å²) in [5, 5.41) is 8.98. The standard InChI is InChI=1S/C17H25N3O2/c1-3-8-19-16(21)13-5-4-6-14(11-13)20-17(22)15-10-12(2)7-9-18-15/h4-6,11-12,15,18H,3,7-10H2,1-2H3,(H,19,21)(H,20,22). The van der Waals surface area contributed by atoms with Crippen molar-refractivity contribution >= 4 is 17.5 Å². The van der Waals surface area contributed by atoms with Gasteiger partial charge in [-0.2, -0.15) is 0 Å². The Labute approximate surface area is 131 Å². The minimum absolute atomic E-state index is 0.0299. The minimum Gasteiger partial charge on any atom is -0.352 e. The summed E-state index contributed by atoms with van der Waals surface area (Å²) in [7, 11) is 0. The molecule has 2 amide bonds. The van der Waals surface area contributed by atoms with E-state index in [1.165, 1.54) is 0 Å². The minimum atomic E-state index is -0.152. The summed E-state index contributed by atoms with van der Waals surface area (Å²) < 4.78 is 0. The van der Waals surface area contributed by atoms with Crippen LogP contribution < -0.4 is 16.0 Å².